The molecule has 0 radical (unpaired) electrons. The number of anilines is 1. The molecular weight excluding hydrogens is 539 g/mol. The topological polar surface area (TPSA) is 98.0 Å². The van der Waals surface area contributed by atoms with Crippen molar-refractivity contribution in [3.63, 3.8) is 0 Å². The lowest BCUT2D eigenvalue weighted by atomic mass is 10.2. The molecular formula is C19H24BrIN4O3. The van der Waals surface area contributed by atoms with Crippen LogP contribution in [0.3, 0.4) is 0 Å². The van der Waals surface area contributed by atoms with Gasteiger partial charge in [-0.25, -0.2) is 0 Å². The zero-order valence-corrected chi connectivity index (χ0v) is 19.6. The predicted octanol–water partition coefficient (Wildman–Crippen LogP) is 3.63. The number of ether oxygens (including phenoxy) is 2. The molecule has 9 heteroatoms. The zero-order chi connectivity index (χ0) is 19.6. The second-order valence-electron chi connectivity index (χ2n) is 5.58. The fraction of sp³-hybridized carbons (Fsp3) is 0.263. The van der Waals surface area contributed by atoms with Crippen LogP contribution in [0.5, 0.6) is 11.5 Å². The number of amides is 1. The largest absolute Gasteiger partial charge is 0.493 e. The fourth-order valence-corrected chi connectivity index (χ4v) is 2.71. The third-order valence-corrected chi connectivity index (χ3v) is 4.14. The van der Waals surface area contributed by atoms with E-state index in [1.807, 2.05) is 18.2 Å². The summed E-state index contributed by atoms with van der Waals surface area (Å²) in [6.45, 7) is 1.00. The SMILES string of the molecule is COc1ccc(NC(N)=NCCCNC(=O)c2cccc(Br)c2)cc1OC.I. The molecule has 0 aromatic heterocycles. The van der Waals surface area contributed by atoms with Gasteiger partial charge in [0.05, 0.1) is 14.2 Å². The van der Waals surface area contributed by atoms with Gasteiger partial charge in [0.15, 0.2) is 17.5 Å². The van der Waals surface area contributed by atoms with Crippen LogP contribution in [0, 0.1) is 0 Å². The minimum absolute atomic E-state index is 0. The lowest BCUT2D eigenvalue weighted by Crippen LogP contribution is -2.26. The summed E-state index contributed by atoms with van der Waals surface area (Å²) >= 11 is 3.35. The Bertz CT molecular complexity index is 818. The molecule has 0 unspecified atom stereocenters. The highest BCUT2D eigenvalue weighted by Gasteiger charge is 2.06. The quantitative estimate of drug-likeness (QED) is 0.197. The second kappa shape index (κ2) is 12.4. The van der Waals surface area contributed by atoms with Gasteiger partial charge < -0.3 is 25.8 Å². The Balaban J connectivity index is 0.00000392. The molecule has 1 amide bonds. The maximum absolute atomic E-state index is 12.0. The third-order valence-electron chi connectivity index (χ3n) is 3.65. The molecule has 28 heavy (non-hydrogen) atoms. The van der Waals surface area contributed by atoms with E-state index >= 15 is 0 Å². The summed E-state index contributed by atoms with van der Waals surface area (Å²) in [7, 11) is 3.15. The number of nitrogens with one attached hydrogen (secondary N) is 2. The number of halogens is 2. The second-order valence-corrected chi connectivity index (χ2v) is 6.50. The van der Waals surface area contributed by atoms with Crippen molar-refractivity contribution in [2.75, 3.05) is 32.6 Å². The molecule has 0 heterocycles. The highest BCUT2D eigenvalue weighted by molar-refractivity contribution is 14.0. The van der Waals surface area contributed by atoms with Gasteiger partial charge in [-0.05, 0) is 36.8 Å². The van der Waals surface area contributed by atoms with E-state index < -0.39 is 0 Å². The van der Waals surface area contributed by atoms with Crippen LogP contribution in [-0.4, -0.2) is 39.2 Å². The molecule has 0 saturated carbocycles. The highest BCUT2D eigenvalue weighted by atomic mass is 127. The monoisotopic (exact) mass is 562 g/mol. The molecule has 2 rings (SSSR count). The number of nitrogens with zero attached hydrogens (tertiary/aromatic N) is 1. The molecule has 0 bridgehead atoms. The summed E-state index contributed by atoms with van der Waals surface area (Å²) in [6, 6.07) is 12.6. The molecule has 2 aromatic carbocycles. The summed E-state index contributed by atoms with van der Waals surface area (Å²) in [5, 5.41) is 5.86. The summed E-state index contributed by atoms with van der Waals surface area (Å²) in [5.41, 5.74) is 7.25. The highest BCUT2D eigenvalue weighted by Crippen LogP contribution is 2.29. The van der Waals surface area contributed by atoms with Crippen LogP contribution < -0.4 is 25.8 Å². The molecule has 0 aliphatic heterocycles. The van der Waals surface area contributed by atoms with Crippen molar-refractivity contribution >= 4 is 57.5 Å². The average molecular weight is 563 g/mol. The van der Waals surface area contributed by atoms with E-state index in [4.69, 9.17) is 15.2 Å². The fourth-order valence-electron chi connectivity index (χ4n) is 2.31. The maximum atomic E-state index is 12.0. The van der Waals surface area contributed by atoms with Gasteiger partial charge in [-0.3, -0.25) is 9.79 Å². The number of rotatable bonds is 8. The Morgan fingerprint density at radius 2 is 1.89 bits per heavy atom. The Kier molecular flexibility index (Phi) is 10.7. The van der Waals surface area contributed by atoms with Crippen LogP contribution >= 0.6 is 39.9 Å². The first kappa shape index (κ1) is 24.0. The van der Waals surface area contributed by atoms with E-state index in [9.17, 15) is 4.79 Å². The first-order valence-corrected chi connectivity index (χ1v) is 9.15. The van der Waals surface area contributed by atoms with Crippen molar-refractivity contribution in [1.82, 2.24) is 5.32 Å². The minimum Gasteiger partial charge on any atom is -0.493 e. The normalized spacial score (nSPS) is 10.6. The van der Waals surface area contributed by atoms with Gasteiger partial charge in [0.2, 0.25) is 0 Å². The number of carbonyl (C=O) groups excluding carboxylic acids is 1. The van der Waals surface area contributed by atoms with Crippen molar-refractivity contribution in [2.24, 2.45) is 10.7 Å². The molecule has 7 nitrogen and oxygen atoms in total. The Morgan fingerprint density at radius 1 is 1.14 bits per heavy atom. The Morgan fingerprint density at radius 3 is 2.57 bits per heavy atom. The van der Waals surface area contributed by atoms with E-state index in [2.05, 4.69) is 31.6 Å². The number of aliphatic imine (C=N–C) groups is 1. The first-order chi connectivity index (χ1) is 13.0. The molecule has 0 aliphatic carbocycles. The number of methoxy groups -OCH3 is 2. The smallest absolute Gasteiger partial charge is 0.251 e. The number of guanidine groups is 1. The maximum Gasteiger partial charge on any atom is 0.251 e. The molecule has 2 aromatic rings. The van der Waals surface area contributed by atoms with Gasteiger partial charge in [0, 0.05) is 34.9 Å². The van der Waals surface area contributed by atoms with Crippen molar-refractivity contribution in [3.05, 3.63) is 52.5 Å². The van der Waals surface area contributed by atoms with Crippen LogP contribution in [0.25, 0.3) is 0 Å². The number of benzene rings is 2. The first-order valence-electron chi connectivity index (χ1n) is 8.36. The van der Waals surface area contributed by atoms with Crippen LogP contribution in [0.15, 0.2) is 51.9 Å². The van der Waals surface area contributed by atoms with Gasteiger partial charge in [-0.2, -0.15) is 0 Å². The van der Waals surface area contributed by atoms with E-state index in [0.29, 0.717) is 42.5 Å². The van der Waals surface area contributed by atoms with Crippen molar-refractivity contribution < 1.29 is 14.3 Å². The van der Waals surface area contributed by atoms with Gasteiger partial charge in [0.25, 0.3) is 5.91 Å². The lowest BCUT2D eigenvalue weighted by Gasteiger charge is -2.11. The third kappa shape index (κ3) is 7.55. The van der Waals surface area contributed by atoms with Gasteiger partial charge in [-0.1, -0.05) is 22.0 Å². The number of nitrogens with two attached hydrogens (primary N) is 1. The average Bonchev–Trinajstić information content (AvgIpc) is 2.67. The van der Waals surface area contributed by atoms with Gasteiger partial charge in [0.1, 0.15) is 0 Å². The van der Waals surface area contributed by atoms with Crippen LogP contribution in [0.2, 0.25) is 0 Å². The van der Waals surface area contributed by atoms with Crippen LogP contribution in [0.4, 0.5) is 5.69 Å². The number of hydrogen-bond acceptors (Lipinski definition) is 4. The summed E-state index contributed by atoms with van der Waals surface area (Å²) in [5.74, 6) is 1.42. The van der Waals surface area contributed by atoms with Crippen LogP contribution in [-0.2, 0) is 0 Å². The molecule has 0 spiro atoms. The Labute approximate surface area is 190 Å². The van der Waals surface area contributed by atoms with Crippen molar-refractivity contribution in [3.8, 4) is 11.5 Å². The standard InChI is InChI=1S/C19H23BrN4O3.HI/c1-26-16-8-7-15(12-17(16)27-2)24-19(21)23-10-4-9-22-18(25)13-5-3-6-14(20)11-13;/h3,5-8,11-12H,4,9-10H2,1-2H3,(H,22,25)(H3,21,23,24);1H. The summed E-state index contributed by atoms with van der Waals surface area (Å²) < 4.78 is 11.3. The summed E-state index contributed by atoms with van der Waals surface area (Å²) in [4.78, 5) is 16.3. The summed E-state index contributed by atoms with van der Waals surface area (Å²) in [6.07, 6.45) is 0.675. The van der Waals surface area contributed by atoms with E-state index in [1.165, 1.54) is 0 Å². The predicted molar refractivity (Wildman–Crippen MR) is 126 cm³/mol. The van der Waals surface area contributed by atoms with Crippen LogP contribution in [0.1, 0.15) is 16.8 Å². The van der Waals surface area contributed by atoms with Crippen molar-refractivity contribution in [2.45, 2.75) is 6.42 Å². The molecule has 0 atom stereocenters. The number of carbonyl (C=O) groups is 1. The van der Waals surface area contributed by atoms with E-state index in [-0.39, 0.29) is 29.9 Å². The van der Waals surface area contributed by atoms with E-state index in [0.717, 1.165) is 10.2 Å². The van der Waals surface area contributed by atoms with Gasteiger partial charge in [-0.15, -0.1) is 24.0 Å². The lowest BCUT2D eigenvalue weighted by molar-refractivity contribution is 0.0953. The Hall–Kier alpha value is -2.01. The molecule has 0 saturated heterocycles. The molecule has 152 valence electrons. The number of hydrogen-bond donors (Lipinski definition) is 3. The molecule has 4 N–H and O–H groups in total. The molecule has 0 aliphatic rings. The van der Waals surface area contributed by atoms with E-state index in [1.54, 1.807) is 38.5 Å². The van der Waals surface area contributed by atoms with Crippen molar-refractivity contribution in [1.29, 1.82) is 0 Å². The minimum atomic E-state index is -0.114. The zero-order valence-electron chi connectivity index (χ0n) is 15.7. The molecule has 0 fully saturated rings. The van der Waals surface area contributed by atoms with Gasteiger partial charge >= 0.3 is 0 Å².